The molecule has 3 rings (SSSR count). The van der Waals surface area contributed by atoms with Crippen LogP contribution in [0.4, 0.5) is 0 Å². The molecule has 3 atom stereocenters. The molecule has 2 fully saturated rings. The lowest BCUT2D eigenvalue weighted by Crippen LogP contribution is -2.15. The van der Waals surface area contributed by atoms with Crippen molar-refractivity contribution in [2.75, 3.05) is 13.2 Å². The molecule has 0 saturated carbocycles. The number of aryl methyl sites for hydroxylation is 1. The van der Waals surface area contributed by atoms with Crippen molar-refractivity contribution in [3.63, 3.8) is 0 Å². The molecule has 1 aromatic rings. The van der Waals surface area contributed by atoms with Gasteiger partial charge >= 0.3 is 0 Å². The van der Waals surface area contributed by atoms with E-state index < -0.39 is 0 Å². The minimum Gasteiger partial charge on any atom is -0.373 e. The lowest BCUT2D eigenvalue weighted by atomic mass is 9.93. The third-order valence-corrected chi connectivity index (χ3v) is 3.47. The van der Waals surface area contributed by atoms with Crippen LogP contribution in [0.15, 0.2) is 18.2 Å². The van der Waals surface area contributed by atoms with Gasteiger partial charge in [0.25, 0.3) is 0 Å². The zero-order chi connectivity index (χ0) is 11.8. The lowest BCUT2D eigenvalue weighted by Gasteiger charge is -2.16. The highest BCUT2D eigenvalue weighted by atomic mass is 16.6. The van der Waals surface area contributed by atoms with E-state index in [9.17, 15) is 0 Å². The first-order valence-corrected chi connectivity index (χ1v) is 6.30. The number of rotatable bonds is 5. The Kier molecular flexibility index (Phi) is 2.90. The van der Waals surface area contributed by atoms with E-state index in [1.54, 1.807) is 0 Å². The maximum Gasteiger partial charge on any atom is 0.0850 e. The molecule has 0 amide bonds. The molecule has 17 heavy (non-hydrogen) atoms. The van der Waals surface area contributed by atoms with Gasteiger partial charge in [-0.15, -0.1) is 0 Å². The van der Waals surface area contributed by atoms with Gasteiger partial charge in [-0.05, 0) is 24.5 Å². The van der Waals surface area contributed by atoms with Gasteiger partial charge in [0.1, 0.15) is 0 Å². The monoisotopic (exact) mass is 233 g/mol. The largest absolute Gasteiger partial charge is 0.373 e. The molecule has 0 radical (unpaired) electrons. The highest BCUT2D eigenvalue weighted by Crippen LogP contribution is 2.28. The molecule has 92 valence electrons. The summed E-state index contributed by atoms with van der Waals surface area (Å²) >= 11 is 0. The van der Waals surface area contributed by atoms with Gasteiger partial charge in [-0.25, -0.2) is 0 Å². The minimum atomic E-state index is 0.0943. The van der Waals surface area contributed by atoms with Gasteiger partial charge in [-0.3, -0.25) is 0 Å². The summed E-state index contributed by atoms with van der Waals surface area (Å²) in [6.07, 6.45) is 2.73. The lowest BCUT2D eigenvalue weighted by molar-refractivity contribution is 0.380. The normalized spacial score (nSPS) is 27.9. The molecule has 0 aliphatic carbocycles. The molecule has 2 aliphatic heterocycles. The molecular weight excluding hydrogens is 214 g/mol. The van der Waals surface area contributed by atoms with Crippen LogP contribution in [0.25, 0.3) is 0 Å². The second-order valence-electron chi connectivity index (χ2n) is 5.16. The van der Waals surface area contributed by atoms with E-state index in [0.29, 0.717) is 12.2 Å². The highest BCUT2D eigenvalue weighted by Gasteiger charge is 2.28. The Morgan fingerprint density at radius 1 is 1.29 bits per heavy atom. The molecule has 2 N–H and O–H groups in total. The van der Waals surface area contributed by atoms with Crippen molar-refractivity contribution in [1.82, 2.24) is 0 Å². The SMILES string of the molecule is Cc1ccc(C(N)CC2CO2)c(CC2CO2)c1. The number of epoxide rings is 2. The van der Waals surface area contributed by atoms with E-state index in [1.165, 1.54) is 16.7 Å². The Labute approximate surface area is 102 Å². The van der Waals surface area contributed by atoms with Crippen LogP contribution in [0.5, 0.6) is 0 Å². The van der Waals surface area contributed by atoms with Crippen LogP contribution >= 0.6 is 0 Å². The van der Waals surface area contributed by atoms with Crippen LogP contribution in [0.1, 0.15) is 29.2 Å². The topological polar surface area (TPSA) is 51.1 Å². The number of nitrogens with two attached hydrogens (primary N) is 1. The van der Waals surface area contributed by atoms with Gasteiger partial charge in [0.15, 0.2) is 0 Å². The third kappa shape index (κ3) is 2.86. The van der Waals surface area contributed by atoms with Crippen molar-refractivity contribution >= 4 is 0 Å². The summed E-state index contributed by atoms with van der Waals surface area (Å²) < 4.78 is 10.6. The molecule has 2 aliphatic rings. The summed E-state index contributed by atoms with van der Waals surface area (Å²) in [5.74, 6) is 0. The quantitative estimate of drug-likeness (QED) is 0.788. The van der Waals surface area contributed by atoms with Gasteiger partial charge < -0.3 is 15.2 Å². The van der Waals surface area contributed by atoms with Crippen LogP contribution in [-0.2, 0) is 15.9 Å². The van der Waals surface area contributed by atoms with Crippen LogP contribution in [0, 0.1) is 6.92 Å². The van der Waals surface area contributed by atoms with E-state index in [1.807, 2.05) is 0 Å². The average Bonchev–Trinajstić information content (AvgIpc) is 3.13. The molecule has 0 aromatic heterocycles. The second kappa shape index (κ2) is 4.41. The summed E-state index contributed by atoms with van der Waals surface area (Å²) in [6, 6.07) is 6.64. The van der Waals surface area contributed by atoms with E-state index in [2.05, 4.69) is 25.1 Å². The standard InChI is InChI=1S/C14H19NO2/c1-9-2-3-13(14(15)6-12-8-17-12)10(4-9)5-11-7-16-11/h2-4,11-12,14H,5-8,15H2,1H3. The van der Waals surface area contributed by atoms with E-state index in [0.717, 1.165) is 26.1 Å². The number of hydrogen-bond donors (Lipinski definition) is 1. The molecule has 2 saturated heterocycles. The average molecular weight is 233 g/mol. The molecule has 3 heteroatoms. The first-order chi connectivity index (χ1) is 8.22. The number of benzene rings is 1. The Bertz CT molecular complexity index is 411. The fourth-order valence-corrected chi connectivity index (χ4v) is 2.32. The Hall–Kier alpha value is -0.900. The van der Waals surface area contributed by atoms with Crippen LogP contribution in [0.2, 0.25) is 0 Å². The summed E-state index contributed by atoms with van der Waals surface area (Å²) in [6.45, 7) is 3.89. The van der Waals surface area contributed by atoms with Crippen molar-refractivity contribution in [3.8, 4) is 0 Å². The van der Waals surface area contributed by atoms with Crippen LogP contribution in [0.3, 0.4) is 0 Å². The first kappa shape index (κ1) is 11.2. The molecule has 3 unspecified atom stereocenters. The van der Waals surface area contributed by atoms with Gasteiger partial charge in [0.2, 0.25) is 0 Å². The molecule has 0 spiro atoms. The smallest absolute Gasteiger partial charge is 0.0850 e. The van der Waals surface area contributed by atoms with Crippen LogP contribution in [-0.4, -0.2) is 25.4 Å². The zero-order valence-corrected chi connectivity index (χ0v) is 10.2. The molecule has 0 bridgehead atoms. The maximum absolute atomic E-state index is 6.26. The van der Waals surface area contributed by atoms with Crippen LogP contribution < -0.4 is 5.73 Å². The van der Waals surface area contributed by atoms with E-state index >= 15 is 0 Å². The van der Waals surface area contributed by atoms with Gasteiger partial charge in [-0.1, -0.05) is 23.8 Å². The van der Waals surface area contributed by atoms with Gasteiger partial charge in [0, 0.05) is 12.5 Å². The van der Waals surface area contributed by atoms with Crippen molar-refractivity contribution in [2.24, 2.45) is 5.73 Å². The molecule has 3 nitrogen and oxygen atoms in total. The van der Waals surface area contributed by atoms with Crippen molar-refractivity contribution in [3.05, 3.63) is 34.9 Å². The summed E-state index contributed by atoms with van der Waals surface area (Å²) in [5, 5.41) is 0. The number of ether oxygens (including phenoxy) is 2. The first-order valence-electron chi connectivity index (χ1n) is 6.30. The Morgan fingerprint density at radius 3 is 2.65 bits per heavy atom. The van der Waals surface area contributed by atoms with E-state index in [-0.39, 0.29) is 6.04 Å². The fraction of sp³-hybridized carbons (Fsp3) is 0.571. The van der Waals surface area contributed by atoms with E-state index in [4.69, 9.17) is 15.2 Å². The molecule has 1 aromatic carbocycles. The molecule has 2 heterocycles. The predicted molar refractivity (Wildman–Crippen MR) is 65.9 cm³/mol. The second-order valence-corrected chi connectivity index (χ2v) is 5.16. The third-order valence-electron chi connectivity index (χ3n) is 3.47. The summed E-state index contributed by atoms with van der Waals surface area (Å²) in [7, 11) is 0. The van der Waals surface area contributed by atoms with Crippen molar-refractivity contribution in [1.29, 1.82) is 0 Å². The van der Waals surface area contributed by atoms with Crippen molar-refractivity contribution < 1.29 is 9.47 Å². The van der Waals surface area contributed by atoms with Gasteiger partial charge in [0.05, 0.1) is 25.4 Å². The Morgan fingerprint density at radius 2 is 2.00 bits per heavy atom. The Balaban J connectivity index is 1.79. The van der Waals surface area contributed by atoms with Gasteiger partial charge in [-0.2, -0.15) is 0 Å². The summed E-state index contributed by atoms with van der Waals surface area (Å²) in [4.78, 5) is 0. The summed E-state index contributed by atoms with van der Waals surface area (Å²) in [5.41, 5.74) is 10.2. The molecular formula is C14H19NO2. The van der Waals surface area contributed by atoms with Crippen molar-refractivity contribution in [2.45, 2.75) is 38.0 Å². The maximum atomic E-state index is 6.26. The minimum absolute atomic E-state index is 0.0943. The predicted octanol–water partition coefficient (Wildman–Crippen LogP) is 1.73. The zero-order valence-electron chi connectivity index (χ0n) is 10.2. The number of hydrogen-bond acceptors (Lipinski definition) is 3. The fourth-order valence-electron chi connectivity index (χ4n) is 2.32. The highest BCUT2D eigenvalue weighted by molar-refractivity contribution is 5.34.